The van der Waals surface area contributed by atoms with Crippen LogP contribution in [0.3, 0.4) is 0 Å². The molecule has 3 N–H and O–H groups in total. The van der Waals surface area contributed by atoms with E-state index >= 15 is 0 Å². The van der Waals surface area contributed by atoms with Gasteiger partial charge in [0.05, 0.1) is 32.2 Å². The highest BCUT2D eigenvalue weighted by Gasteiger charge is 2.27. The van der Waals surface area contributed by atoms with Crippen LogP contribution in [0.2, 0.25) is 10.0 Å². The zero-order chi connectivity index (χ0) is 18.0. The summed E-state index contributed by atoms with van der Waals surface area (Å²) in [5.74, 6) is -1.07. The Morgan fingerprint density at radius 1 is 1.08 bits per heavy atom. The number of halogens is 2. The van der Waals surface area contributed by atoms with Crippen LogP contribution in [0.5, 0.6) is 0 Å². The van der Waals surface area contributed by atoms with Crippen molar-refractivity contribution in [2.75, 3.05) is 5.32 Å². The van der Waals surface area contributed by atoms with Gasteiger partial charge in [-0.1, -0.05) is 23.2 Å². The number of anilines is 2. The van der Waals surface area contributed by atoms with Crippen LogP contribution in [0.4, 0.5) is 22.7 Å². The molecule has 0 heterocycles. The lowest BCUT2D eigenvalue weighted by molar-refractivity contribution is -0.393. The summed E-state index contributed by atoms with van der Waals surface area (Å²) in [6.45, 7) is 0. The van der Waals surface area contributed by atoms with Crippen LogP contribution >= 0.6 is 23.2 Å². The number of nitro groups is 2. The molecule has 1 amide bonds. The van der Waals surface area contributed by atoms with Gasteiger partial charge in [0.15, 0.2) is 0 Å². The Labute approximate surface area is 144 Å². The lowest BCUT2D eigenvalue weighted by atomic mass is 10.1. The molecular weight excluding hydrogens is 363 g/mol. The number of nitrogens with zero attached hydrogens (tertiary/aromatic N) is 2. The van der Waals surface area contributed by atoms with E-state index in [2.05, 4.69) is 5.32 Å². The lowest BCUT2D eigenvalue weighted by Gasteiger charge is -2.12. The summed E-state index contributed by atoms with van der Waals surface area (Å²) in [6, 6.07) is 5.85. The molecular formula is C13H8Cl2N4O5. The van der Waals surface area contributed by atoms with Crippen molar-refractivity contribution in [1.29, 1.82) is 0 Å². The zero-order valence-electron chi connectivity index (χ0n) is 11.7. The minimum absolute atomic E-state index is 0.130. The first-order valence-corrected chi connectivity index (χ1v) is 6.95. The Balaban J connectivity index is 2.68. The molecule has 0 saturated heterocycles. The van der Waals surface area contributed by atoms with Crippen molar-refractivity contribution < 1.29 is 14.6 Å². The smallest absolute Gasteiger partial charge is 0.300 e. The first kappa shape index (κ1) is 17.4. The molecule has 0 fully saturated rings. The number of nitrogens with one attached hydrogen (secondary N) is 1. The highest BCUT2D eigenvalue weighted by Crippen LogP contribution is 2.37. The molecule has 9 nitrogen and oxygen atoms in total. The van der Waals surface area contributed by atoms with Gasteiger partial charge in [0.1, 0.15) is 5.69 Å². The SMILES string of the molecule is NC(=O)c1cc([N+](=O)[O-])cc([N+](=O)[O-])c1Nc1ccc(Cl)cc1Cl. The highest BCUT2D eigenvalue weighted by molar-refractivity contribution is 6.36. The minimum atomic E-state index is -1.07. The maximum atomic E-state index is 11.6. The molecule has 0 spiro atoms. The summed E-state index contributed by atoms with van der Waals surface area (Å²) in [5, 5.41) is 25.2. The van der Waals surface area contributed by atoms with Crippen molar-refractivity contribution in [1.82, 2.24) is 0 Å². The van der Waals surface area contributed by atoms with Gasteiger partial charge in [-0.2, -0.15) is 0 Å². The van der Waals surface area contributed by atoms with Crippen LogP contribution in [-0.2, 0) is 0 Å². The Bertz CT molecular complexity index is 836. The fourth-order valence-corrected chi connectivity index (χ4v) is 2.37. The minimum Gasteiger partial charge on any atom is -0.366 e. The maximum Gasteiger partial charge on any atom is 0.300 e. The van der Waals surface area contributed by atoms with Crippen LogP contribution in [0.15, 0.2) is 30.3 Å². The van der Waals surface area contributed by atoms with Crippen molar-refractivity contribution in [3.63, 3.8) is 0 Å². The largest absolute Gasteiger partial charge is 0.366 e. The molecule has 0 aliphatic rings. The third-order valence-electron chi connectivity index (χ3n) is 2.97. The quantitative estimate of drug-likeness (QED) is 0.607. The third kappa shape index (κ3) is 3.53. The number of amides is 1. The predicted octanol–water partition coefficient (Wildman–Crippen LogP) is 3.65. The molecule has 24 heavy (non-hydrogen) atoms. The Hall–Kier alpha value is -2.91. The van der Waals surface area contributed by atoms with Crippen molar-refractivity contribution in [3.05, 3.63) is 66.2 Å². The summed E-state index contributed by atoms with van der Waals surface area (Å²) in [5.41, 5.74) is 3.35. The summed E-state index contributed by atoms with van der Waals surface area (Å²) in [4.78, 5) is 32.0. The van der Waals surface area contributed by atoms with E-state index in [-0.39, 0.29) is 16.4 Å². The van der Waals surface area contributed by atoms with Gasteiger partial charge in [-0.25, -0.2) is 0 Å². The Morgan fingerprint density at radius 2 is 1.75 bits per heavy atom. The van der Waals surface area contributed by atoms with Crippen LogP contribution in [-0.4, -0.2) is 15.8 Å². The van der Waals surface area contributed by atoms with E-state index in [1.807, 2.05) is 0 Å². The normalized spacial score (nSPS) is 10.2. The zero-order valence-corrected chi connectivity index (χ0v) is 13.2. The topological polar surface area (TPSA) is 141 Å². The third-order valence-corrected chi connectivity index (χ3v) is 3.51. The number of nitro benzene ring substituents is 2. The van der Waals surface area contributed by atoms with Crippen LogP contribution in [0.1, 0.15) is 10.4 Å². The second-order valence-corrected chi connectivity index (χ2v) is 5.36. The molecule has 0 radical (unpaired) electrons. The van der Waals surface area contributed by atoms with Crippen molar-refractivity contribution in [2.24, 2.45) is 5.73 Å². The van der Waals surface area contributed by atoms with E-state index in [1.165, 1.54) is 18.2 Å². The fraction of sp³-hybridized carbons (Fsp3) is 0. The first-order chi connectivity index (χ1) is 11.2. The second kappa shape index (κ2) is 6.69. The van der Waals surface area contributed by atoms with Gasteiger partial charge < -0.3 is 11.1 Å². The standard InChI is InChI=1S/C13H8Cl2N4O5/c14-6-1-2-10(9(15)3-6)17-12-8(13(16)20)4-7(18(21)22)5-11(12)19(23)24/h1-5,17H,(H2,16,20). The van der Waals surface area contributed by atoms with E-state index in [0.717, 1.165) is 12.1 Å². The number of carbonyl (C=O) groups is 1. The molecule has 11 heteroatoms. The number of hydrogen-bond donors (Lipinski definition) is 2. The van der Waals surface area contributed by atoms with Crippen LogP contribution in [0.25, 0.3) is 0 Å². The number of primary amides is 1. The van der Waals surface area contributed by atoms with Gasteiger partial charge in [0.2, 0.25) is 0 Å². The average molecular weight is 371 g/mol. The maximum absolute atomic E-state index is 11.6. The molecule has 0 atom stereocenters. The van der Waals surface area contributed by atoms with Gasteiger partial charge in [0, 0.05) is 11.1 Å². The summed E-state index contributed by atoms with van der Waals surface area (Å²) in [7, 11) is 0. The number of non-ortho nitro benzene ring substituents is 1. The van der Waals surface area contributed by atoms with E-state index in [4.69, 9.17) is 28.9 Å². The Morgan fingerprint density at radius 3 is 2.25 bits per heavy atom. The van der Waals surface area contributed by atoms with Crippen LogP contribution < -0.4 is 11.1 Å². The summed E-state index contributed by atoms with van der Waals surface area (Å²) < 4.78 is 0. The summed E-state index contributed by atoms with van der Waals surface area (Å²) in [6.07, 6.45) is 0. The number of benzene rings is 2. The van der Waals surface area contributed by atoms with Gasteiger partial charge in [-0.15, -0.1) is 0 Å². The van der Waals surface area contributed by atoms with E-state index in [1.54, 1.807) is 0 Å². The molecule has 0 aromatic heterocycles. The lowest BCUT2D eigenvalue weighted by Crippen LogP contribution is -2.15. The number of nitrogens with two attached hydrogens (primary N) is 1. The van der Waals surface area contributed by atoms with E-state index < -0.39 is 32.7 Å². The Kier molecular flexibility index (Phi) is 4.86. The number of rotatable bonds is 5. The predicted molar refractivity (Wildman–Crippen MR) is 88.0 cm³/mol. The molecule has 2 rings (SSSR count). The average Bonchev–Trinajstić information content (AvgIpc) is 2.49. The van der Waals surface area contributed by atoms with E-state index in [9.17, 15) is 25.0 Å². The molecule has 0 bridgehead atoms. The molecule has 0 aliphatic carbocycles. The van der Waals surface area contributed by atoms with Crippen molar-refractivity contribution in [2.45, 2.75) is 0 Å². The van der Waals surface area contributed by atoms with Gasteiger partial charge in [-0.3, -0.25) is 25.0 Å². The van der Waals surface area contributed by atoms with Gasteiger partial charge in [0.25, 0.3) is 17.3 Å². The molecule has 124 valence electrons. The summed E-state index contributed by atoms with van der Waals surface area (Å²) >= 11 is 11.8. The number of hydrogen-bond acceptors (Lipinski definition) is 6. The first-order valence-electron chi connectivity index (χ1n) is 6.19. The molecule has 0 unspecified atom stereocenters. The molecule has 0 saturated carbocycles. The highest BCUT2D eigenvalue weighted by atomic mass is 35.5. The fourth-order valence-electron chi connectivity index (χ4n) is 1.91. The molecule has 0 aliphatic heterocycles. The number of carbonyl (C=O) groups excluding carboxylic acids is 1. The van der Waals surface area contributed by atoms with Gasteiger partial charge in [-0.05, 0) is 18.2 Å². The van der Waals surface area contributed by atoms with Gasteiger partial charge >= 0.3 is 0 Å². The molecule has 2 aromatic rings. The monoisotopic (exact) mass is 370 g/mol. The van der Waals surface area contributed by atoms with E-state index in [0.29, 0.717) is 5.02 Å². The molecule has 2 aromatic carbocycles. The van der Waals surface area contributed by atoms with Crippen molar-refractivity contribution in [3.8, 4) is 0 Å². The van der Waals surface area contributed by atoms with Crippen molar-refractivity contribution >= 4 is 51.9 Å². The second-order valence-electron chi connectivity index (χ2n) is 4.52. The van der Waals surface area contributed by atoms with Crippen LogP contribution in [0, 0.1) is 20.2 Å².